The topological polar surface area (TPSA) is 62.1 Å². The molecule has 4 nitrogen and oxygen atoms in total. The van der Waals surface area contributed by atoms with E-state index in [0.717, 1.165) is 17.1 Å². The van der Waals surface area contributed by atoms with Crippen molar-refractivity contribution < 1.29 is 9.53 Å². The molecule has 0 bridgehead atoms. The molecule has 0 saturated heterocycles. The summed E-state index contributed by atoms with van der Waals surface area (Å²) >= 11 is 1.47. The maximum atomic E-state index is 12.0. The number of rotatable bonds is 5. The first-order valence-corrected chi connectivity index (χ1v) is 8.83. The van der Waals surface area contributed by atoms with Crippen molar-refractivity contribution in [2.24, 2.45) is 5.92 Å². The zero-order chi connectivity index (χ0) is 16.8. The van der Waals surface area contributed by atoms with Crippen LogP contribution in [0.1, 0.15) is 11.1 Å². The molecule has 0 spiro atoms. The van der Waals surface area contributed by atoms with E-state index in [-0.39, 0.29) is 5.91 Å². The lowest BCUT2D eigenvalue weighted by Gasteiger charge is -2.25. The van der Waals surface area contributed by atoms with Crippen molar-refractivity contribution in [2.75, 3.05) is 18.9 Å². The first kappa shape index (κ1) is 16.4. The molecule has 0 radical (unpaired) electrons. The molecule has 0 aromatic heterocycles. The summed E-state index contributed by atoms with van der Waals surface area (Å²) in [6, 6.07) is 17.4. The third-order valence-electron chi connectivity index (χ3n) is 3.90. The van der Waals surface area contributed by atoms with Gasteiger partial charge in [0, 0.05) is 17.4 Å². The number of nitrogens with zero attached hydrogens (tertiary/aromatic N) is 1. The molecule has 1 aliphatic heterocycles. The average molecular weight is 338 g/mol. The van der Waals surface area contributed by atoms with E-state index in [0.29, 0.717) is 30.4 Å². The summed E-state index contributed by atoms with van der Waals surface area (Å²) < 4.78 is 5.74. The molecule has 1 atom stereocenters. The van der Waals surface area contributed by atoms with Crippen molar-refractivity contribution in [1.29, 1.82) is 5.26 Å². The molecule has 2 aromatic rings. The van der Waals surface area contributed by atoms with E-state index in [2.05, 4.69) is 17.5 Å². The summed E-state index contributed by atoms with van der Waals surface area (Å²) in [6.45, 7) is 1.27. The van der Waals surface area contributed by atoms with Crippen molar-refractivity contribution in [3.63, 3.8) is 0 Å². The second-order valence-electron chi connectivity index (χ2n) is 5.72. The fourth-order valence-corrected chi connectivity index (χ4v) is 3.33. The van der Waals surface area contributed by atoms with Crippen LogP contribution < -0.4 is 10.1 Å². The number of hydrogen-bond donors (Lipinski definition) is 1. The molecule has 0 unspecified atom stereocenters. The summed E-state index contributed by atoms with van der Waals surface area (Å²) in [6.07, 6.45) is 0.930. The highest BCUT2D eigenvalue weighted by molar-refractivity contribution is 8.00. The number of amides is 1. The molecule has 0 fully saturated rings. The molecule has 1 N–H and O–H groups in total. The van der Waals surface area contributed by atoms with Crippen LogP contribution >= 0.6 is 11.8 Å². The van der Waals surface area contributed by atoms with Crippen LogP contribution in [0.3, 0.4) is 0 Å². The van der Waals surface area contributed by atoms with E-state index in [4.69, 9.17) is 10.00 Å². The third kappa shape index (κ3) is 4.30. The number of nitrogens with one attached hydrogen (secondary N) is 1. The van der Waals surface area contributed by atoms with Gasteiger partial charge in [-0.2, -0.15) is 5.26 Å². The Hall–Kier alpha value is -2.45. The van der Waals surface area contributed by atoms with Crippen LogP contribution in [0, 0.1) is 17.2 Å². The highest BCUT2D eigenvalue weighted by Crippen LogP contribution is 2.26. The number of hydrogen-bond acceptors (Lipinski definition) is 4. The quantitative estimate of drug-likeness (QED) is 0.851. The van der Waals surface area contributed by atoms with Gasteiger partial charge in [0.15, 0.2) is 0 Å². The van der Waals surface area contributed by atoms with Crippen molar-refractivity contribution in [1.82, 2.24) is 5.32 Å². The number of nitriles is 1. The van der Waals surface area contributed by atoms with Gasteiger partial charge in [0.05, 0.1) is 24.0 Å². The van der Waals surface area contributed by atoms with E-state index in [1.807, 2.05) is 30.3 Å². The first-order valence-electron chi connectivity index (χ1n) is 7.85. The van der Waals surface area contributed by atoms with Crippen molar-refractivity contribution in [3.05, 3.63) is 59.7 Å². The number of ether oxygens (including phenoxy) is 1. The van der Waals surface area contributed by atoms with Gasteiger partial charge in [-0.05, 0) is 42.3 Å². The zero-order valence-corrected chi connectivity index (χ0v) is 14.0. The van der Waals surface area contributed by atoms with Gasteiger partial charge < -0.3 is 10.1 Å². The summed E-state index contributed by atoms with van der Waals surface area (Å²) in [7, 11) is 0. The van der Waals surface area contributed by atoms with Gasteiger partial charge in [-0.1, -0.05) is 18.2 Å². The predicted octanol–water partition coefficient (Wildman–Crippen LogP) is 3.02. The minimum atomic E-state index is 0.0169. The molecule has 2 aromatic carbocycles. The van der Waals surface area contributed by atoms with E-state index in [1.54, 1.807) is 12.1 Å². The summed E-state index contributed by atoms with van der Waals surface area (Å²) in [4.78, 5) is 13.0. The molecule has 1 aliphatic rings. The Kier molecular flexibility index (Phi) is 5.39. The van der Waals surface area contributed by atoms with Gasteiger partial charge in [-0.3, -0.25) is 4.79 Å². The number of carbonyl (C=O) groups is 1. The minimum Gasteiger partial charge on any atom is -0.493 e. The number of thioether (sulfide) groups is 1. The van der Waals surface area contributed by atoms with Gasteiger partial charge in [0.1, 0.15) is 5.75 Å². The monoisotopic (exact) mass is 338 g/mol. The van der Waals surface area contributed by atoms with Crippen molar-refractivity contribution >= 4 is 17.7 Å². The second kappa shape index (κ2) is 7.89. The molecule has 24 heavy (non-hydrogen) atoms. The van der Waals surface area contributed by atoms with Crippen LogP contribution in [0.2, 0.25) is 0 Å². The predicted molar refractivity (Wildman–Crippen MR) is 94.0 cm³/mol. The molecule has 1 amide bonds. The molecular formula is C19H18N2O2S. The maximum absolute atomic E-state index is 12.0. The van der Waals surface area contributed by atoms with E-state index < -0.39 is 0 Å². The fourth-order valence-electron chi connectivity index (χ4n) is 2.61. The standard InChI is InChI=1S/C19H18N2O2S/c20-10-14-5-7-17(8-6-14)24-13-19(22)21-11-15-9-16-3-1-2-4-18(16)23-12-15/h1-8,15H,9,11-13H2,(H,21,22)/t15-/m0/s1. The van der Waals surface area contributed by atoms with Crippen molar-refractivity contribution in [3.8, 4) is 11.8 Å². The van der Waals surface area contributed by atoms with Crippen LogP contribution in [-0.4, -0.2) is 24.8 Å². The molecule has 0 saturated carbocycles. The smallest absolute Gasteiger partial charge is 0.230 e. The Balaban J connectivity index is 1.42. The highest BCUT2D eigenvalue weighted by atomic mass is 32.2. The SMILES string of the molecule is N#Cc1ccc(SCC(=O)NC[C@H]2COc3ccccc3C2)cc1. The van der Waals surface area contributed by atoms with Crippen LogP contribution in [0.4, 0.5) is 0 Å². The van der Waals surface area contributed by atoms with Crippen LogP contribution in [-0.2, 0) is 11.2 Å². The number of fused-ring (bicyclic) bond motifs is 1. The Morgan fingerprint density at radius 2 is 2.04 bits per heavy atom. The Labute approximate surface area is 145 Å². The normalized spacial score (nSPS) is 15.7. The highest BCUT2D eigenvalue weighted by Gasteiger charge is 2.19. The lowest BCUT2D eigenvalue weighted by atomic mass is 9.97. The number of para-hydroxylation sites is 1. The average Bonchev–Trinajstić information content (AvgIpc) is 2.65. The summed E-state index contributed by atoms with van der Waals surface area (Å²) in [5, 5.41) is 11.8. The molecular weight excluding hydrogens is 320 g/mol. The number of benzene rings is 2. The van der Waals surface area contributed by atoms with Gasteiger partial charge in [0.25, 0.3) is 0 Å². The van der Waals surface area contributed by atoms with E-state index >= 15 is 0 Å². The van der Waals surface area contributed by atoms with Gasteiger partial charge >= 0.3 is 0 Å². The second-order valence-corrected chi connectivity index (χ2v) is 6.77. The molecule has 1 heterocycles. The van der Waals surface area contributed by atoms with Gasteiger partial charge in [-0.25, -0.2) is 0 Å². The Morgan fingerprint density at radius 3 is 2.83 bits per heavy atom. The zero-order valence-electron chi connectivity index (χ0n) is 13.2. The largest absolute Gasteiger partial charge is 0.493 e. The Bertz CT molecular complexity index is 753. The molecule has 122 valence electrons. The summed E-state index contributed by atoms with van der Waals surface area (Å²) in [5.74, 6) is 1.65. The van der Waals surface area contributed by atoms with Crippen LogP contribution in [0.25, 0.3) is 0 Å². The van der Waals surface area contributed by atoms with Crippen LogP contribution in [0.15, 0.2) is 53.4 Å². The maximum Gasteiger partial charge on any atom is 0.230 e. The van der Waals surface area contributed by atoms with E-state index in [1.165, 1.54) is 17.3 Å². The molecule has 5 heteroatoms. The Morgan fingerprint density at radius 1 is 1.25 bits per heavy atom. The lowest BCUT2D eigenvalue weighted by Crippen LogP contribution is -2.35. The lowest BCUT2D eigenvalue weighted by molar-refractivity contribution is -0.118. The third-order valence-corrected chi connectivity index (χ3v) is 4.91. The number of carbonyl (C=O) groups excluding carboxylic acids is 1. The van der Waals surface area contributed by atoms with Crippen LogP contribution in [0.5, 0.6) is 5.75 Å². The van der Waals surface area contributed by atoms with Gasteiger partial charge in [0.2, 0.25) is 5.91 Å². The van der Waals surface area contributed by atoms with E-state index in [9.17, 15) is 4.79 Å². The summed E-state index contributed by atoms with van der Waals surface area (Å²) in [5.41, 5.74) is 1.83. The molecule has 0 aliphatic carbocycles. The van der Waals surface area contributed by atoms with Gasteiger partial charge in [-0.15, -0.1) is 11.8 Å². The molecule has 3 rings (SSSR count). The minimum absolute atomic E-state index is 0.0169. The van der Waals surface area contributed by atoms with Crippen molar-refractivity contribution in [2.45, 2.75) is 11.3 Å². The first-order chi connectivity index (χ1) is 11.7. The fraction of sp³-hybridized carbons (Fsp3) is 0.263.